The van der Waals surface area contributed by atoms with Gasteiger partial charge in [-0.15, -0.1) is 0 Å². The first-order chi connectivity index (χ1) is 14.0. The molecule has 2 aromatic carbocycles. The highest BCUT2D eigenvalue weighted by Gasteiger charge is 2.15. The minimum Gasteiger partial charge on any atom is -0.493 e. The number of esters is 1. The lowest BCUT2D eigenvalue weighted by atomic mass is 10.1. The summed E-state index contributed by atoms with van der Waals surface area (Å²) in [7, 11) is 1.50. The van der Waals surface area contributed by atoms with E-state index in [4.69, 9.17) is 24.0 Å². The SMILES string of the molecule is COc1cc(C(=O)OCc2ccccc2C#N)ccc1OCc1c(C)noc1C. The van der Waals surface area contributed by atoms with Gasteiger partial charge in [-0.1, -0.05) is 23.4 Å². The number of rotatable bonds is 7. The van der Waals surface area contributed by atoms with Crippen LogP contribution in [0.25, 0.3) is 0 Å². The second-order valence-electron chi connectivity index (χ2n) is 6.30. The average molecular weight is 392 g/mol. The molecule has 0 atom stereocenters. The molecule has 0 fully saturated rings. The summed E-state index contributed by atoms with van der Waals surface area (Å²) in [4.78, 5) is 12.4. The van der Waals surface area contributed by atoms with Crippen molar-refractivity contribution >= 4 is 5.97 Å². The summed E-state index contributed by atoms with van der Waals surface area (Å²) in [6, 6.07) is 13.9. The molecular weight excluding hydrogens is 372 g/mol. The normalized spacial score (nSPS) is 10.3. The highest BCUT2D eigenvalue weighted by Crippen LogP contribution is 2.30. The number of hydrogen-bond donors (Lipinski definition) is 0. The molecule has 0 aliphatic heterocycles. The summed E-state index contributed by atoms with van der Waals surface area (Å²) in [6.07, 6.45) is 0. The Balaban J connectivity index is 1.69. The molecule has 3 aromatic rings. The zero-order chi connectivity index (χ0) is 20.8. The van der Waals surface area contributed by atoms with Gasteiger partial charge in [0, 0.05) is 5.56 Å². The molecule has 0 unspecified atom stereocenters. The Hall–Kier alpha value is -3.79. The zero-order valence-electron chi connectivity index (χ0n) is 16.4. The van der Waals surface area contributed by atoms with Crippen LogP contribution in [0.2, 0.25) is 0 Å². The van der Waals surface area contributed by atoms with Crippen LogP contribution >= 0.6 is 0 Å². The quantitative estimate of drug-likeness (QED) is 0.559. The van der Waals surface area contributed by atoms with Gasteiger partial charge in [-0.3, -0.25) is 0 Å². The Bertz CT molecular complexity index is 1050. The summed E-state index contributed by atoms with van der Waals surface area (Å²) in [5.41, 5.74) is 3.07. The molecule has 0 aliphatic carbocycles. The fraction of sp³-hybridized carbons (Fsp3) is 0.227. The molecule has 0 radical (unpaired) electrons. The average Bonchev–Trinajstić information content (AvgIpc) is 3.07. The number of methoxy groups -OCH3 is 1. The molecule has 0 aliphatic rings. The fourth-order valence-electron chi connectivity index (χ4n) is 2.75. The van der Waals surface area contributed by atoms with Crippen LogP contribution in [0.1, 0.15) is 38.5 Å². The van der Waals surface area contributed by atoms with Gasteiger partial charge in [0.2, 0.25) is 0 Å². The standard InChI is InChI=1S/C22H20N2O5/c1-14-19(15(2)29-24-14)13-27-20-9-8-16(10-21(20)26-3)22(25)28-12-18-7-5-4-6-17(18)11-23/h4-10H,12-13H2,1-3H3. The number of nitriles is 1. The largest absolute Gasteiger partial charge is 0.493 e. The van der Waals surface area contributed by atoms with Crippen molar-refractivity contribution in [3.8, 4) is 17.6 Å². The predicted molar refractivity (Wildman–Crippen MR) is 104 cm³/mol. The van der Waals surface area contributed by atoms with Gasteiger partial charge in [0.15, 0.2) is 11.5 Å². The Morgan fingerprint density at radius 1 is 1.14 bits per heavy atom. The lowest BCUT2D eigenvalue weighted by molar-refractivity contribution is 0.0472. The molecule has 0 bridgehead atoms. The van der Waals surface area contributed by atoms with E-state index < -0.39 is 5.97 Å². The first-order valence-corrected chi connectivity index (χ1v) is 8.91. The molecular formula is C22H20N2O5. The van der Waals surface area contributed by atoms with Crippen molar-refractivity contribution in [1.29, 1.82) is 5.26 Å². The lowest BCUT2D eigenvalue weighted by Gasteiger charge is -2.12. The third-order valence-corrected chi connectivity index (χ3v) is 4.45. The van der Waals surface area contributed by atoms with E-state index in [9.17, 15) is 4.79 Å². The summed E-state index contributed by atoms with van der Waals surface area (Å²) in [5, 5.41) is 13.0. The number of aromatic nitrogens is 1. The molecule has 0 N–H and O–H groups in total. The van der Waals surface area contributed by atoms with Crippen LogP contribution in [-0.2, 0) is 18.0 Å². The molecule has 0 spiro atoms. The number of nitrogens with zero attached hydrogens (tertiary/aromatic N) is 2. The maximum atomic E-state index is 12.4. The number of hydrogen-bond acceptors (Lipinski definition) is 7. The molecule has 7 nitrogen and oxygen atoms in total. The van der Waals surface area contributed by atoms with Crippen LogP contribution in [0.3, 0.4) is 0 Å². The Kier molecular flexibility index (Phi) is 6.15. The predicted octanol–water partition coefficient (Wildman–Crippen LogP) is 4.11. The van der Waals surface area contributed by atoms with Crippen molar-refractivity contribution in [1.82, 2.24) is 5.16 Å². The van der Waals surface area contributed by atoms with Gasteiger partial charge in [0.1, 0.15) is 19.0 Å². The highest BCUT2D eigenvalue weighted by molar-refractivity contribution is 5.90. The second kappa shape index (κ2) is 8.93. The summed E-state index contributed by atoms with van der Waals surface area (Å²) in [5.74, 6) is 1.06. The summed E-state index contributed by atoms with van der Waals surface area (Å²) in [6.45, 7) is 3.94. The first-order valence-electron chi connectivity index (χ1n) is 8.91. The molecule has 0 amide bonds. The molecule has 148 valence electrons. The molecule has 1 heterocycles. The van der Waals surface area contributed by atoms with Crippen molar-refractivity contribution in [2.75, 3.05) is 7.11 Å². The van der Waals surface area contributed by atoms with Gasteiger partial charge in [-0.25, -0.2) is 4.79 Å². The maximum absolute atomic E-state index is 12.4. The monoisotopic (exact) mass is 392 g/mol. The van der Waals surface area contributed by atoms with Gasteiger partial charge in [0.05, 0.1) is 35.6 Å². The molecule has 7 heteroatoms. The van der Waals surface area contributed by atoms with Crippen molar-refractivity contribution in [3.63, 3.8) is 0 Å². The van der Waals surface area contributed by atoms with Crippen molar-refractivity contribution < 1.29 is 23.5 Å². The Labute approximate surface area is 168 Å². The molecule has 0 saturated heterocycles. The van der Waals surface area contributed by atoms with Crippen LogP contribution in [0.15, 0.2) is 47.0 Å². The Morgan fingerprint density at radius 2 is 1.93 bits per heavy atom. The number of ether oxygens (including phenoxy) is 3. The van der Waals surface area contributed by atoms with Gasteiger partial charge in [-0.05, 0) is 38.1 Å². The minimum absolute atomic E-state index is 0.00910. The van der Waals surface area contributed by atoms with E-state index in [-0.39, 0.29) is 13.2 Å². The van der Waals surface area contributed by atoms with Crippen LogP contribution < -0.4 is 9.47 Å². The maximum Gasteiger partial charge on any atom is 0.338 e. The third-order valence-electron chi connectivity index (χ3n) is 4.45. The van der Waals surface area contributed by atoms with Gasteiger partial charge in [0.25, 0.3) is 0 Å². The fourth-order valence-corrected chi connectivity index (χ4v) is 2.75. The molecule has 3 rings (SSSR count). The molecule has 29 heavy (non-hydrogen) atoms. The van der Waals surface area contributed by atoms with E-state index in [0.29, 0.717) is 33.9 Å². The van der Waals surface area contributed by atoms with Crippen molar-refractivity contribution in [3.05, 3.63) is 76.2 Å². The third kappa shape index (κ3) is 4.55. The Morgan fingerprint density at radius 3 is 2.62 bits per heavy atom. The minimum atomic E-state index is -0.520. The number of benzene rings is 2. The van der Waals surface area contributed by atoms with Gasteiger partial charge < -0.3 is 18.7 Å². The van der Waals surface area contributed by atoms with Crippen LogP contribution in [-0.4, -0.2) is 18.2 Å². The number of carbonyl (C=O) groups is 1. The smallest absolute Gasteiger partial charge is 0.338 e. The van der Waals surface area contributed by atoms with E-state index >= 15 is 0 Å². The number of aryl methyl sites for hydroxylation is 2. The van der Waals surface area contributed by atoms with Gasteiger partial charge >= 0.3 is 5.97 Å². The van der Waals surface area contributed by atoms with Crippen LogP contribution in [0.4, 0.5) is 0 Å². The van der Waals surface area contributed by atoms with Gasteiger partial charge in [-0.2, -0.15) is 5.26 Å². The van der Waals surface area contributed by atoms with E-state index in [1.807, 2.05) is 13.8 Å². The zero-order valence-corrected chi connectivity index (χ0v) is 16.4. The van der Waals surface area contributed by atoms with E-state index in [2.05, 4.69) is 11.2 Å². The number of carbonyl (C=O) groups excluding carboxylic acids is 1. The summed E-state index contributed by atoms with van der Waals surface area (Å²) < 4.78 is 21.6. The highest BCUT2D eigenvalue weighted by atomic mass is 16.5. The lowest BCUT2D eigenvalue weighted by Crippen LogP contribution is -2.07. The molecule has 1 aromatic heterocycles. The van der Waals surface area contributed by atoms with Crippen molar-refractivity contribution in [2.45, 2.75) is 27.1 Å². The first kappa shape index (κ1) is 20.0. The van der Waals surface area contributed by atoms with Crippen LogP contribution in [0, 0.1) is 25.2 Å². The second-order valence-corrected chi connectivity index (χ2v) is 6.30. The van der Waals surface area contributed by atoms with Crippen molar-refractivity contribution in [2.24, 2.45) is 0 Å². The molecule has 0 saturated carbocycles. The van der Waals surface area contributed by atoms with E-state index in [1.54, 1.807) is 42.5 Å². The summed E-state index contributed by atoms with van der Waals surface area (Å²) >= 11 is 0. The van der Waals surface area contributed by atoms with E-state index in [1.165, 1.54) is 7.11 Å². The van der Waals surface area contributed by atoms with Crippen LogP contribution in [0.5, 0.6) is 11.5 Å². The van der Waals surface area contributed by atoms with E-state index in [0.717, 1.165) is 11.3 Å². The topological polar surface area (TPSA) is 94.6 Å².